The van der Waals surface area contributed by atoms with Crippen LogP contribution < -0.4 is 9.62 Å². The van der Waals surface area contributed by atoms with Crippen molar-refractivity contribution in [1.29, 1.82) is 0 Å². The lowest BCUT2D eigenvalue weighted by Crippen LogP contribution is -2.38. The van der Waals surface area contributed by atoms with Crippen molar-refractivity contribution >= 4 is 21.6 Å². The normalized spacial score (nSPS) is 11.2. The quantitative estimate of drug-likeness (QED) is 0.810. The number of anilines is 1. The second kappa shape index (κ2) is 8.36. The van der Waals surface area contributed by atoms with Gasteiger partial charge in [0, 0.05) is 6.54 Å². The van der Waals surface area contributed by atoms with E-state index in [0.717, 1.165) is 22.3 Å². The van der Waals surface area contributed by atoms with Crippen LogP contribution in [0.5, 0.6) is 0 Å². The minimum Gasteiger partial charge on any atom is -0.354 e. The predicted octanol–water partition coefficient (Wildman–Crippen LogP) is 2.74. The fraction of sp³-hybridized carbons (Fsp3) is 0.350. The van der Waals surface area contributed by atoms with Gasteiger partial charge in [-0.05, 0) is 49.6 Å². The Morgan fingerprint density at radius 1 is 1.00 bits per heavy atom. The number of benzene rings is 2. The van der Waals surface area contributed by atoms with Crippen molar-refractivity contribution in [3.05, 3.63) is 64.7 Å². The SMILES string of the molecule is Cc1ccc(CC(=O)NCCN(c2ccc(C)c(C)c2)S(C)(=O)=O)cc1. The van der Waals surface area contributed by atoms with Crippen molar-refractivity contribution < 1.29 is 13.2 Å². The molecule has 0 bridgehead atoms. The van der Waals surface area contributed by atoms with Crippen LogP contribution in [0.4, 0.5) is 5.69 Å². The minimum absolute atomic E-state index is 0.123. The number of hydrogen-bond acceptors (Lipinski definition) is 3. The number of sulfonamides is 1. The molecule has 1 N–H and O–H groups in total. The first-order chi connectivity index (χ1) is 12.2. The van der Waals surface area contributed by atoms with Crippen LogP contribution in [0.15, 0.2) is 42.5 Å². The van der Waals surface area contributed by atoms with Gasteiger partial charge in [-0.3, -0.25) is 9.10 Å². The molecule has 5 nitrogen and oxygen atoms in total. The van der Waals surface area contributed by atoms with E-state index in [0.29, 0.717) is 5.69 Å². The topological polar surface area (TPSA) is 66.5 Å². The molecule has 0 spiro atoms. The van der Waals surface area contributed by atoms with Gasteiger partial charge >= 0.3 is 0 Å². The minimum atomic E-state index is -3.43. The van der Waals surface area contributed by atoms with Crippen LogP contribution in [-0.2, 0) is 21.2 Å². The fourth-order valence-electron chi connectivity index (χ4n) is 2.62. The summed E-state index contributed by atoms with van der Waals surface area (Å²) in [4.78, 5) is 12.1. The van der Waals surface area contributed by atoms with E-state index in [1.54, 1.807) is 6.07 Å². The average Bonchev–Trinajstić information content (AvgIpc) is 2.55. The molecule has 2 aromatic rings. The highest BCUT2D eigenvalue weighted by Crippen LogP contribution is 2.20. The van der Waals surface area contributed by atoms with Crippen LogP contribution in [0, 0.1) is 20.8 Å². The van der Waals surface area contributed by atoms with E-state index >= 15 is 0 Å². The Hall–Kier alpha value is -2.34. The number of amides is 1. The average molecular weight is 375 g/mol. The zero-order valence-corrected chi connectivity index (χ0v) is 16.6. The van der Waals surface area contributed by atoms with Gasteiger partial charge in [0.25, 0.3) is 0 Å². The monoisotopic (exact) mass is 374 g/mol. The lowest BCUT2D eigenvalue weighted by Gasteiger charge is -2.23. The van der Waals surface area contributed by atoms with Gasteiger partial charge in [-0.25, -0.2) is 8.42 Å². The third-order valence-electron chi connectivity index (χ3n) is 4.30. The number of aryl methyl sites for hydroxylation is 3. The zero-order chi connectivity index (χ0) is 19.3. The van der Waals surface area contributed by atoms with Gasteiger partial charge in [0.15, 0.2) is 0 Å². The van der Waals surface area contributed by atoms with Gasteiger partial charge in [0.05, 0.1) is 24.9 Å². The Labute approximate surface area is 156 Å². The zero-order valence-electron chi connectivity index (χ0n) is 15.7. The number of carbonyl (C=O) groups excluding carboxylic acids is 1. The number of nitrogens with one attached hydrogen (secondary N) is 1. The van der Waals surface area contributed by atoms with Crippen LogP contribution in [-0.4, -0.2) is 33.7 Å². The van der Waals surface area contributed by atoms with Crippen LogP contribution in [0.25, 0.3) is 0 Å². The standard InChI is InChI=1S/C20H26N2O3S/c1-15-5-8-18(9-6-15)14-20(23)21-11-12-22(26(4,24)25)19-10-7-16(2)17(3)13-19/h5-10,13H,11-12,14H2,1-4H3,(H,21,23). The van der Waals surface area contributed by atoms with E-state index in [2.05, 4.69) is 5.32 Å². The molecular weight excluding hydrogens is 348 g/mol. The summed E-state index contributed by atoms with van der Waals surface area (Å²) in [6.07, 6.45) is 1.46. The third-order valence-corrected chi connectivity index (χ3v) is 5.50. The van der Waals surface area contributed by atoms with Gasteiger partial charge in [-0.1, -0.05) is 35.9 Å². The molecule has 0 fully saturated rings. The molecule has 1 amide bonds. The molecule has 0 saturated carbocycles. The summed E-state index contributed by atoms with van der Waals surface area (Å²) in [6, 6.07) is 13.3. The van der Waals surface area contributed by atoms with E-state index in [9.17, 15) is 13.2 Å². The number of rotatable bonds is 7. The molecule has 0 aliphatic rings. The van der Waals surface area contributed by atoms with E-state index in [1.165, 1.54) is 10.6 Å². The molecule has 0 heterocycles. The maximum Gasteiger partial charge on any atom is 0.232 e. The highest BCUT2D eigenvalue weighted by Gasteiger charge is 2.18. The van der Waals surface area contributed by atoms with Crippen LogP contribution in [0.3, 0.4) is 0 Å². The van der Waals surface area contributed by atoms with E-state index in [1.807, 2.05) is 57.2 Å². The first-order valence-corrected chi connectivity index (χ1v) is 10.4. The molecule has 0 aromatic heterocycles. The Kier molecular flexibility index (Phi) is 6.42. The van der Waals surface area contributed by atoms with Crippen molar-refractivity contribution in [2.24, 2.45) is 0 Å². The number of hydrogen-bond donors (Lipinski definition) is 1. The molecule has 0 unspecified atom stereocenters. The molecular formula is C20H26N2O3S. The molecule has 0 atom stereocenters. The number of carbonyl (C=O) groups is 1. The van der Waals surface area contributed by atoms with Crippen LogP contribution in [0.2, 0.25) is 0 Å². The Morgan fingerprint density at radius 2 is 1.65 bits per heavy atom. The van der Waals surface area contributed by atoms with E-state index in [-0.39, 0.29) is 25.4 Å². The lowest BCUT2D eigenvalue weighted by molar-refractivity contribution is -0.120. The fourth-order valence-corrected chi connectivity index (χ4v) is 3.54. The summed E-state index contributed by atoms with van der Waals surface area (Å²) < 4.78 is 25.6. The maximum atomic E-state index is 12.1. The summed E-state index contributed by atoms with van der Waals surface area (Å²) in [5.41, 5.74) is 4.82. The molecule has 2 rings (SSSR count). The first kappa shape index (κ1) is 20.0. The Bertz CT molecular complexity index is 874. The summed E-state index contributed by atoms with van der Waals surface area (Å²) in [5.74, 6) is -0.123. The molecule has 0 aliphatic heterocycles. The third kappa shape index (κ3) is 5.59. The molecule has 0 aliphatic carbocycles. The smallest absolute Gasteiger partial charge is 0.232 e. The van der Waals surface area contributed by atoms with Crippen molar-refractivity contribution in [2.45, 2.75) is 27.2 Å². The van der Waals surface area contributed by atoms with Crippen molar-refractivity contribution in [3.63, 3.8) is 0 Å². The van der Waals surface area contributed by atoms with Crippen molar-refractivity contribution in [3.8, 4) is 0 Å². The summed E-state index contributed by atoms with van der Waals surface area (Å²) in [7, 11) is -3.43. The first-order valence-electron chi connectivity index (χ1n) is 8.54. The van der Waals surface area contributed by atoms with E-state index < -0.39 is 10.0 Å². The number of nitrogens with zero attached hydrogens (tertiary/aromatic N) is 1. The van der Waals surface area contributed by atoms with Crippen molar-refractivity contribution in [1.82, 2.24) is 5.32 Å². The summed E-state index contributed by atoms with van der Waals surface area (Å²) in [5, 5.41) is 2.80. The second-order valence-corrected chi connectivity index (χ2v) is 8.52. The van der Waals surface area contributed by atoms with Gasteiger partial charge in [-0.15, -0.1) is 0 Å². The summed E-state index contributed by atoms with van der Waals surface area (Å²) in [6.45, 7) is 6.37. The molecule has 2 aromatic carbocycles. The molecule has 26 heavy (non-hydrogen) atoms. The lowest BCUT2D eigenvalue weighted by atomic mass is 10.1. The van der Waals surface area contributed by atoms with Gasteiger partial charge in [0.2, 0.25) is 15.9 Å². The largest absolute Gasteiger partial charge is 0.354 e. The summed E-state index contributed by atoms with van der Waals surface area (Å²) >= 11 is 0. The van der Waals surface area contributed by atoms with E-state index in [4.69, 9.17) is 0 Å². The maximum absolute atomic E-state index is 12.1. The van der Waals surface area contributed by atoms with Crippen molar-refractivity contribution in [2.75, 3.05) is 23.7 Å². The molecule has 0 saturated heterocycles. The second-order valence-electron chi connectivity index (χ2n) is 6.62. The Balaban J connectivity index is 1.98. The molecule has 140 valence electrons. The predicted molar refractivity (Wildman–Crippen MR) is 106 cm³/mol. The van der Waals surface area contributed by atoms with Gasteiger partial charge < -0.3 is 5.32 Å². The van der Waals surface area contributed by atoms with Crippen LogP contribution >= 0.6 is 0 Å². The Morgan fingerprint density at radius 3 is 2.23 bits per heavy atom. The van der Waals surface area contributed by atoms with Gasteiger partial charge in [0.1, 0.15) is 0 Å². The van der Waals surface area contributed by atoms with Crippen LogP contribution in [0.1, 0.15) is 22.3 Å². The molecule has 6 heteroatoms. The highest BCUT2D eigenvalue weighted by atomic mass is 32.2. The molecule has 0 radical (unpaired) electrons. The van der Waals surface area contributed by atoms with Gasteiger partial charge in [-0.2, -0.15) is 0 Å². The highest BCUT2D eigenvalue weighted by molar-refractivity contribution is 7.92.